The molecule has 2 heterocycles. The van der Waals surface area contributed by atoms with Crippen molar-refractivity contribution in [1.29, 1.82) is 0 Å². The molecule has 1 aliphatic rings. The fraction of sp³-hybridized carbons (Fsp3) is 0.571. The van der Waals surface area contributed by atoms with E-state index in [9.17, 15) is 0 Å². The molecule has 0 radical (unpaired) electrons. The third-order valence-electron chi connectivity index (χ3n) is 4.28. The van der Waals surface area contributed by atoms with E-state index >= 15 is 0 Å². The Balaban J connectivity index is 1.88. The first kappa shape index (κ1) is 12.8. The second-order valence-electron chi connectivity index (χ2n) is 5.60. The fourth-order valence-electron chi connectivity index (χ4n) is 2.77. The zero-order valence-electron chi connectivity index (χ0n) is 11.1. The third-order valence-corrected chi connectivity index (χ3v) is 4.96. The number of hydrogen-bond acceptors (Lipinski definition) is 5. The molecule has 2 N–H and O–H groups in total. The molecule has 0 saturated heterocycles. The van der Waals surface area contributed by atoms with Crippen LogP contribution < -0.4 is 5.73 Å². The monoisotopic (exact) mass is 277 g/mol. The molecule has 102 valence electrons. The Labute approximate surface area is 117 Å². The van der Waals surface area contributed by atoms with Crippen LogP contribution in [0.15, 0.2) is 21.3 Å². The molecule has 0 bridgehead atoms. The molecule has 4 nitrogen and oxygen atoms in total. The van der Waals surface area contributed by atoms with Crippen molar-refractivity contribution in [3.8, 4) is 11.4 Å². The van der Waals surface area contributed by atoms with Crippen molar-refractivity contribution in [2.45, 2.75) is 38.0 Å². The van der Waals surface area contributed by atoms with Gasteiger partial charge in [0.15, 0.2) is 0 Å². The molecule has 1 saturated carbocycles. The smallest absolute Gasteiger partial charge is 0.234 e. The summed E-state index contributed by atoms with van der Waals surface area (Å²) in [5, 5.41) is 8.17. The quantitative estimate of drug-likeness (QED) is 0.935. The predicted molar refractivity (Wildman–Crippen MR) is 76.0 cm³/mol. The zero-order valence-corrected chi connectivity index (χ0v) is 11.9. The minimum Gasteiger partial charge on any atom is -0.338 e. The number of aromatic nitrogens is 2. The highest BCUT2D eigenvalue weighted by Gasteiger charge is 2.39. The average Bonchev–Trinajstić information content (AvgIpc) is 3.11. The lowest BCUT2D eigenvalue weighted by atomic mass is 9.71. The van der Waals surface area contributed by atoms with Crippen LogP contribution in [0.2, 0.25) is 0 Å². The van der Waals surface area contributed by atoms with Gasteiger partial charge < -0.3 is 10.3 Å². The van der Waals surface area contributed by atoms with Crippen molar-refractivity contribution in [3.05, 3.63) is 22.7 Å². The molecule has 0 spiro atoms. The molecule has 0 atom stereocenters. The second-order valence-corrected chi connectivity index (χ2v) is 6.38. The van der Waals surface area contributed by atoms with Gasteiger partial charge in [0.05, 0.1) is 5.41 Å². The van der Waals surface area contributed by atoms with Crippen LogP contribution in [-0.4, -0.2) is 16.7 Å². The summed E-state index contributed by atoms with van der Waals surface area (Å²) in [6, 6.07) is 2.01. The number of nitrogens with zero attached hydrogens (tertiary/aromatic N) is 2. The highest BCUT2D eigenvalue weighted by Crippen LogP contribution is 2.40. The van der Waals surface area contributed by atoms with Gasteiger partial charge in [-0.1, -0.05) is 12.1 Å². The molecule has 0 unspecified atom stereocenters. The summed E-state index contributed by atoms with van der Waals surface area (Å²) in [6.45, 7) is 2.88. The maximum Gasteiger partial charge on any atom is 0.234 e. The van der Waals surface area contributed by atoms with E-state index in [0.29, 0.717) is 12.4 Å². The van der Waals surface area contributed by atoms with E-state index in [-0.39, 0.29) is 5.41 Å². The first-order valence-corrected chi connectivity index (χ1v) is 7.75. The van der Waals surface area contributed by atoms with Crippen LogP contribution in [0, 0.1) is 5.92 Å². The summed E-state index contributed by atoms with van der Waals surface area (Å²) in [7, 11) is 0. The Bertz CT molecular complexity index is 527. The SMILES string of the molecule is CC1CCC(CN)(c2nc(-c3ccsc3)no2)CC1. The molecule has 0 amide bonds. The maximum atomic E-state index is 6.02. The maximum absolute atomic E-state index is 6.02. The van der Waals surface area contributed by atoms with Crippen LogP contribution in [0.3, 0.4) is 0 Å². The van der Waals surface area contributed by atoms with Crippen LogP contribution in [0.4, 0.5) is 0 Å². The Morgan fingerprint density at radius 2 is 2.26 bits per heavy atom. The van der Waals surface area contributed by atoms with Crippen molar-refractivity contribution in [2.24, 2.45) is 11.7 Å². The highest BCUT2D eigenvalue weighted by atomic mass is 32.1. The lowest BCUT2D eigenvalue weighted by Crippen LogP contribution is -2.39. The molecular formula is C14H19N3OS. The second kappa shape index (κ2) is 5.06. The van der Waals surface area contributed by atoms with Crippen molar-refractivity contribution >= 4 is 11.3 Å². The third kappa shape index (κ3) is 2.32. The predicted octanol–water partition coefficient (Wildman–Crippen LogP) is 3.20. The average molecular weight is 277 g/mol. The first-order chi connectivity index (χ1) is 9.23. The molecule has 1 fully saturated rings. The molecule has 0 aliphatic heterocycles. The summed E-state index contributed by atoms with van der Waals surface area (Å²) in [6.07, 6.45) is 4.48. The van der Waals surface area contributed by atoms with E-state index in [0.717, 1.165) is 30.2 Å². The Morgan fingerprint density at radius 1 is 1.47 bits per heavy atom. The van der Waals surface area contributed by atoms with Gasteiger partial charge in [-0.25, -0.2) is 0 Å². The van der Waals surface area contributed by atoms with Crippen LogP contribution in [0.5, 0.6) is 0 Å². The van der Waals surface area contributed by atoms with E-state index < -0.39 is 0 Å². The Kier molecular flexibility index (Phi) is 3.41. The van der Waals surface area contributed by atoms with Gasteiger partial charge in [0.1, 0.15) is 0 Å². The van der Waals surface area contributed by atoms with Gasteiger partial charge in [-0.05, 0) is 43.0 Å². The molecule has 2 aromatic heterocycles. The minimum absolute atomic E-state index is 0.103. The van der Waals surface area contributed by atoms with Crippen LogP contribution in [0.25, 0.3) is 11.4 Å². The van der Waals surface area contributed by atoms with Gasteiger partial charge in [-0.2, -0.15) is 16.3 Å². The highest BCUT2D eigenvalue weighted by molar-refractivity contribution is 7.08. The van der Waals surface area contributed by atoms with E-state index in [1.54, 1.807) is 11.3 Å². The minimum atomic E-state index is -0.103. The molecule has 5 heteroatoms. The van der Waals surface area contributed by atoms with Gasteiger partial charge in [0.25, 0.3) is 0 Å². The number of thiophene rings is 1. The van der Waals surface area contributed by atoms with E-state index in [4.69, 9.17) is 10.3 Å². The van der Waals surface area contributed by atoms with Crippen LogP contribution in [0.1, 0.15) is 38.5 Å². The standard InChI is InChI=1S/C14H19N3OS/c1-10-2-5-14(9-15,6-3-10)13-16-12(17-18-13)11-4-7-19-8-11/h4,7-8,10H,2-3,5-6,9,15H2,1H3. The van der Waals surface area contributed by atoms with Crippen LogP contribution >= 0.6 is 11.3 Å². The van der Waals surface area contributed by atoms with Crippen LogP contribution in [-0.2, 0) is 5.41 Å². The largest absolute Gasteiger partial charge is 0.338 e. The fourth-order valence-corrected chi connectivity index (χ4v) is 3.40. The lowest BCUT2D eigenvalue weighted by molar-refractivity contribution is 0.191. The summed E-state index contributed by atoms with van der Waals surface area (Å²) in [4.78, 5) is 4.59. The summed E-state index contributed by atoms with van der Waals surface area (Å²) in [5.41, 5.74) is 6.94. The molecule has 2 aromatic rings. The van der Waals surface area contributed by atoms with E-state index in [1.165, 1.54) is 12.8 Å². The molecule has 3 rings (SSSR count). The summed E-state index contributed by atoms with van der Waals surface area (Å²) < 4.78 is 5.52. The van der Waals surface area contributed by atoms with Gasteiger partial charge in [-0.15, -0.1) is 0 Å². The van der Waals surface area contributed by atoms with Crippen molar-refractivity contribution in [2.75, 3.05) is 6.54 Å². The first-order valence-electron chi connectivity index (χ1n) is 6.80. The van der Waals surface area contributed by atoms with Gasteiger partial charge in [0.2, 0.25) is 11.7 Å². The normalized spacial score (nSPS) is 27.6. The molecular weight excluding hydrogens is 258 g/mol. The van der Waals surface area contributed by atoms with Crippen molar-refractivity contribution < 1.29 is 4.52 Å². The Morgan fingerprint density at radius 3 is 2.89 bits per heavy atom. The molecule has 19 heavy (non-hydrogen) atoms. The molecule has 0 aromatic carbocycles. The molecule has 1 aliphatic carbocycles. The summed E-state index contributed by atoms with van der Waals surface area (Å²) in [5.74, 6) is 2.18. The number of rotatable bonds is 3. The Hall–Kier alpha value is -1.20. The topological polar surface area (TPSA) is 64.9 Å². The van der Waals surface area contributed by atoms with Gasteiger partial charge in [-0.3, -0.25) is 0 Å². The zero-order chi connectivity index (χ0) is 13.3. The van der Waals surface area contributed by atoms with Gasteiger partial charge >= 0.3 is 0 Å². The number of hydrogen-bond donors (Lipinski definition) is 1. The lowest BCUT2D eigenvalue weighted by Gasteiger charge is -2.35. The number of nitrogens with two attached hydrogens (primary N) is 1. The van der Waals surface area contributed by atoms with Crippen molar-refractivity contribution in [1.82, 2.24) is 10.1 Å². The van der Waals surface area contributed by atoms with Gasteiger partial charge in [0, 0.05) is 17.5 Å². The summed E-state index contributed by atoms with van der Waals surface area (Å²) >= 11 is 1.64. The van der Waals surface area contributed by atoms with Crippen molar-refractivity contribution in [3.63, 3.8) is 0 Å². The van der Waals surface area contributed by atoms with E-state index in [2.05, 4.69) is 17.1 Å². The van der Waals surface area contributed by atoms with E-state index in [1.807, 2.05) is 16.8 Å².